The minimum absolute atomic E-state index is 0.251. The van der Waals surface area contributed by atoms with Crippen LogP contribution in [0.1, 0.15) is 10.4 Å². The van der Waals surface area contributed by atoms with Crippen molar-refractivity contribution in [3.05, 3.63) is 72.4 Å². The third kappa shape index (κ3) is 2.48. The van der Waals surface area contributed by atoms with E-state index in [0.717, 1.165) is 11.0 Å². The standard InChI is InChI=1S/C18H12N4O/c23-18(22-16-10-3-4-11-19-16)12-6-5-9-15-17(12)21-14-8-2-1-7-13(14)20-15/h1-11H,(H,19,22,23). The molecule has 0 aliphatic heterocycles. The van der Waals surface area contributed by atoms with E-state index < -0.39 is 0 Å². The first kappa shape index (κ1) is 13.3. The summed E-state index contributed by atoms with van der Waals surface area (Å²) in [5, 5.41) is 2.78. The molecule has 2 heterocycles. The van der Waals surface area contributed by atoms with Gasteiger partial charge in [-0.05, 0) is 36.4 Å². The van der Waals surface area contributed by atoms with Gasteiger partial charge in [-0.3, -0.25) is 4.79 Å². The highest BCUT2D eigenvalue weighted by atomic mass is 16.1. The number of anilines is 1. The van der Waals surface area contributed by atoms with Crippen LogP contribution >= 0.6 is 0 Å². The molecule has 0 spiro atoms. The lowest BCUT2D eigenvalue weighted by molar-refractivity contribution is 0.102. The molecule has 4 rings (SSSR count). The van der Waals surface area contributed by atoms with Gasteiger partial charge in [-0.25, -0.2) is 15.0 Å². The van der Waals surface area contributed by atoms with Crippen LogP contribution in [0.4, 0.5) is 5.82 Å². The zero-order chi connectivity index (χ0) is 15.6. The molecular formula is C18H12N4O. The summed E-state index contributed by atoms with van der Waals surface area (Å²) < 4.78 is 0. The molecule has 1 N–H and O–H groups in total. The van der Waals surface area contributed by atoms with Gasteiger partial charge in [0.25, 0.3) is 5.91 Å². The number of nitrogens with zero attached hydrogens (tertiary/aromatic N) is 3. The molecule has 0 fully saturated rings. The van der Waals surface area contributed by atoms with Crippen molar-refractivity contribution in [3.63, 3.8) is 0 Å². The van der Waals surface area contributed by atoms with E-state index in [1.807, 2.05) is 36.4 Å². The Morgan fingerprint density at radius 1 is 0.783 bits per heavy atom. The lowest BCUT2D eigenvalue weighted by Gasteiger charge is -2.07. The van der Waals surface area contributed by atoms with Gasteiger partial charge in [0.2, 0.25) is 0 Å². The van der Waals surface area contributed by atoms with Crippen molar-refractivity contribution in [2.75, 3.05) is 5.32 Å². The second kappa shape index (κ2) is 5.46. The Morgan fingerprint density at radius 3 is 2.30 bits per heavy atom. The summed E-state index contributed by atoms with van der Waals surface area (Å²) in [6.07, 6.45) is 1.63. The Morgan fingerprint density at radius 2 is 1.52 bits per heavy atom. The van der Waals surface area contributed by atoms with E-state index in [2.05, 4.69) is 20.3 Å². The van der Waals surface area contributed by atoms with Crippen molar-refractivity contribution < 1.29 is 4.79 Å². The number of benzene rings is 2. The fraction of sp³-hybridized carbons (Fsp3) is 0. The van der Waals surface area contributed by atoms with Crippen molar-refractivity contribution in [3.8, 4) is 0 Å². The molecule has 5 heteroatoms. The molecule has 0 radical (unpaired) electrons. The van der Waals surface area contributed by atoms with Gasteiger partial charge in [0.05, 0.1) is 22.1 Å². The zero-order valence-electron chi connectivity index (χ0n) is 12.1. The van der Waals surface area contributed by atoms with Crippen molar-refractivity contribution in [2.24, 2.45) is 0 Å². The van der Waals surface area contributed by atoms with Gasteiger partial charge in [0.1, 0.15) is 11.3 Å². The molecule has 110 valence electrons. The highest BCUT2D eigenvalue weighted by Crippen LogP contribution is 2.20. The smallest absolute Gasteiger partial charge is 0.259 e. The Hall–Kier alpha value is -3.34. The van der Waals surface area contributed by atoms with Crippen molar-refractivity contribution in [1.82, 2.24) is 15.0 Å². The SMILES string of the molecule is O=C(Nc1ccccn1)c1cccc2nc3ccccc3nc12. The molecule has 0 aliphatic rings. The average Bonchev–Trinajstić information content (AvgIpc) is 2.60. The molecule has 23 heavy (non-hydrogen) atoms. The summed E-state index contributed by atoms with van der Waals surface area (Å²) in [4.78, 5) is 25.8. The number of rotatable bonds is 2. The molecule has 0 saturated heterocycles. The third-order valence-corrected chi connectivity index (χ3v) is 3.52. The molecule has 0 bridgehead atoms. The summed E-state index contributed by atoms with van der Waals surface area (Å²) in [5.41, 5.74) is 3.32. The van der Waals surface area contributed by atoms with E-state index in [4.69, 9.17) is 0 Å². The number of hydrogen-bond acceptors (Lipinski definition) is 4. The zero-order valence-corrected chi connectivity index (χ0v) is 12.1. The minimum atomic E-state index is -0.251. The van der Waals surface area contributed by atoms with Gasteiger partial charge in [-0.1, -0.05) is 24.3 Å². The second-order valence-electron chi connectivity index (χ2n) is 5.05. The Balaban J connectivity index is 1.83. The number of aromatic nitrogens is 3. The van der Waals surface area contributed by atoms with Crippen molar-refractivity contribution in [1.29, 1.82) is 0 Å². The highest BCUT2D eigenvalue weighted by Gasteiger charge is 2.13. The summed E-state index contributed by atoms with van der Waals surface area (Å²) in [5.74, 6) is 0.252. The van der Waals surface area contributed by atoms with E-state index in [0.29, 0.717) is 22.4 Å². The minimum Gasteiger partial charge on any atom is -0.306 e. The maximum atomic E-state index is 12.5. The number of fused-ring (bicyclic) bond motifs is 2. The van der Waals surface area contributed by atoms with Gasteiger partial charge in [-0.2, -0.15) is 0 Å². The second-order valence-corrected chi connectivity index (χ2v) is 5.05. The maximum absolute atomic E-state index is 12.5. The van der Waals surface area contributed by atoms with Crippen molar-refractivity contribution >= 4 is 33.8 Å². The van der Waals surface area contributed by atoms with Crippen LogP contribution in [0.15, 0.2) is 66.9 Å². The number of carbonyl (C=O) groups excluding carboxylic acids is 1. The Labute approximate surface area is 132 Å². The predicted octanol–water partition coefficient (Wildman–Crippen LogP) is 3.43. The monoisotopic (exact) mass is 300 g/mol. The summed E-state index contributed by atoms with van der Waals surface area (Å²) in [7, 11) is 0. The lowest BCUT2D eigenvalue weighted by Crippen LogP contribution is -2.13. The Bertz CT molecular complexity index is 1020. The van der Waals surface area contributed by atoms with Crippen LogP contribution < -0.4 is 5.32 Å². The van der Waals surface area contributed by atoms with Gasteiger partial charge in [0, 0.05) is 6.20 Å². The first-order valence-electron chi connectivity index (χ1n) is 7.19. The predicted molar refractivity (Wildman–Crippen MR) is 89.2 cm³/mol. The molecule has 0 atom stereocenters. The summed E-state index contributed by atoms with van der Waals surface area (Å²) in [6, 6.07) is 18.4. The number of nitrogens with one attached hydrogen (secondary N) is 1. The Kier molecular flexibility index (Phi) is 3.16. The van der Waals surface area contributed by atoms with Gasteiger partial charge in [-0.15, -0.1) is 0 Å². The molecule has 4 aromatic rings. The first-order valence-corrected chi connectivity index (χ1v) is 7.19. The fourth-order valence-corrected chi connectivity index (χ4v) is 2.45. The molecule has 2 aromatic heterocycles. The maximum Gasteiger partial charge on any atom is 0.259 e. The van der Waals surface area contributed by atoms with Gasteiger partial charge in [0.15, 0.2) is 0 Å². The normalized spacial score (nSPS) is 10.8. The third-order valence-electron chi connectivity index (χ3n) is 3.52. The van der Waals surface area contributed by atoms with E-state index in [9.17, 15) is 4.79 Å². The van der Waals surface area contributed by atoms with E-state index >= 15 is 0 Å². The average molecular weight is 300 g/mol. The molecule has 2 aromatic carbocycles. The lowest BCUT2D eigenvalue weighted by atomic mass is 10.1. The quantitative estimate of drug-likeness (QED) is 0.576. The molecule has 0 aliphatic carbocycles. The topological polar surface area (TPSA) is 67.8 Å². The number of para-hydroxylation sites is 3. The van der Waals surface area contributed by atoms with Crippen LogP contribution in [0.25, 0.3) is 22.1 Å². The molecule has 5 nitrogen and oxygen atoms in total. The van der Waals surface area contributed by atoms with Crippen LogP contribution in [0.3, 0.4) is 0 Å². The van der Waals surface area contributed by atoms with E-state index in [1.54, 1.807) is 30.5 Å². The van der Waals surface area contributed by atoms with Gasteiger partial charge >= 0.3 is 0 Å². The van der Waals surface area contributed by atoms with Crippen LogP contribution in [0.2, 0.25) is 0 Å². The number of hydrogen-bond donors (Lipinski definition) is 1. The van der Waals surface area contributed by atoms with Gasteiger partial charge < -0.3 is 5.32 Å². The van der Waals surface area contributed by atoms with Crippen LogP contribution in [-0.2, 0) is 0 Å². The summed E-state index contributed by atoms with van der Waals surface area (Å²) >= 11 is 0. The fourth-order valence-electron chi connectivity index (χ4n) is 2.45. The van der Waals surface area contributed by atoms with E-state index in [1.165, 1.54) is 0 Å². The molecular weight excluding hydrogens is 288 g/mol. The number of pyridine rings is 1. The molecule has 0 saturated carbocycles. The van der Waals surface area contributed by atoms with Crippen LogP contribution in [0, 0.1) is 0 Å². The van der Waals surface area contributed by atoms with Crippen molar-refractivity contribution in [2.45, 2.75) is 0 Å². The van der Waals surface area contributed by atoms with Crippen LogP contribution in [-0.4, -0.2) is 20.9 Å². The first-order chi connectivity index (χ1) is 11.3. The number of amides is 1. The number of carbonyl (C=O) groups is 1. The molecule has 0 unspecified atom stereocenters. The molecule has 1 amide bonds. The van der Waals surface area contributed by atoms with Crippen LogP contribution in [0.5, 0.6) is 0 Å². The largest absolute Gasteiger partial charge is 0.306 e. The highest BCUT2D eigenvalue weighted by molar-refractivity contribution is 6.11. The summed E-state index contributed by atoms with van der Waals surface area (Å²) in [6.45, 7) is 0. The van der Waals surface area contributed by atoms with E-state index in [-0.39, 0.29) is 5.91 Å².